The highest BCUT2D eigenvalue weighted by Crippen LogP contribution is 2.17. The topological polar surface area (TPSA) is 70.2 Å². The van der Waals surface area contributed by atoms with Gasteiger partial charge in [-0.05, 0) is 23.8 Å². The van der Waals surface area contributed by atoms with Crippen molar-refractivity contribution in [1.29, 1.82) is 0 Å². The number of nitrogens with one attached hydrogen (secondary N) is 1. The lowest BCUT2D eigenvalue weighted by Crippen LogP contribution is -2.27. The minimum Gasteiger partial charge on any atom is -0.326 e. The fourth-order valence-corrected chi connectivity index (χ4v) is 3.09. The first-order chi connectivity index (χ1) is 9.80. The van der Waals surface area contributed by atoms with Crippen LogP contribution in [0.3, 0.4) is 0 Å². The van der Waals surface area contributed by atoms with Crippen LogP contribution in [0.5, 0.6) is 0 Å². The van der Waals surface area contributed by atoms with Crippen molar-refractivity contribution >= 4 is 21.6 Å². The van der Waals surface area contributed by atoms with Crippen LogP contribution in [0.15, 0.2) is 46.2 Å². The van der Waals surface area contributed by atoms with Gasteiger partial charge in [-0.15, -0.1) is 0 Å². The van der Waals surface area contributed by atoms with E-state index in [1.807, 2.05) is 0 Å². The van der Waals surface area contributed by atoms with E-state index in [-0.39, 0.29) is 16.5 Å². The number of aromatic amines is 1. The van der Waals surface area contributed by atoms with Crippen LogP contribution >= 0.6 is 11.6 Å². The van der Waals surface area contributed by atoms with Gasteiger partial charge in [0.05, 0.1) is 4.90 Å². The fourth-order valence-electron chi connectivity index (χ4n) is 1.70. The van der Waals surface area contributed by atoms with Crippen molar-refractivity contribution in [2.45, 2.75) is 11.4 Å². The van der Waals surface area contributed by atoms with Gasteiger partial charge in [0.15, 0.2) is 0 Å². The summed E-state index contributed by atoms with van der Waals surface area (Å²) in [5, 5.41) is -0.203. The molecule has 0 atom stereocenters. The Morgan fingerprint density at radius 3 is 2.48 bits per heavy atom. The highest BCUT2D eigenvalue weighted by Gasteiger charge is 2.22. The molecule has 0 radical (unpaired) electrons. The first-order valence-electron chi connectivity index (χ1n) is 5.90. The molecule has 0 spiro atoms. The molecule has 1 aromatic heterocycles. The SMILES string of the molecule is CN(Cc1ccc(F)cc1)S(=O)(=O)c1c[nH]c(=O)c(Cl)c1. The van der Waals surface area contributed by atoms with Crippen molar-refractivity contribution in [3.63, 3.8) is 0 Å². The average molecular weight is 331 g/mol. The Bertz CT molecular complexity index is 803. The second kappa shape index (κ2) is 5.97. The number of pyridine rings is 1. The molecule has 5 nitrogen and oxygen atoms in total. The Kier molecular flexibility index (Phi) is 4.46. The molecule has 0 saturated carbocycles. The lowest BCUT2D eigenvalue weighted by molar-refractivity contribution is 0.466. The smallest absolute Gasteiger partial charge is 0.266 e. The number of halogens is 2. The van der Waals surface area contributed by atoms with Gasteiger partial charge in [-0.25, -0.2) is 12.8 Å². The Morgan fingerprint density at radius 2 is 1.90 bits per heavy atom. The monoisotopic (exact) mass is 330 g/mol. The predicted octanol–water partition coefficient (Wildman–Crippen LogP) is 1.99. The van der Waals surface area contributed by atoms with E-state index in [1.54, 1.807) is 0 Å². The molecule has 1 aromatic carbocycles. The van der Waals surface area contributed by atoms with E-state index in [2.05, 4.69) is 4.98 Å². The molecule has 0 fully saturated rings. The van der Waals surface area contributed by atoms with Crippen molar-refractivity contribution in [3.8, 4) is 0 Å². The van der Waals surface area contributed by atoms with Gasteiger partial charge in [0, 0.05) is 19.8 Å². The third kappa shape index (κ3) is 3.49. The Morgan fingerprint density at radius 1 is 1.29 bits per heavy atom. The van der Waals surface area contributed by atoms with E-state index in [0.717, 1.165) is 16.6 Å². The average Bonchev–Trinajstić information content (AvgIpc) is 2.44. The number of nitrogens with zero attached hydrogens (tertiary/aromatic N) is 1. The van der Waals surface area contributed by atoms with E-state index in [1.165, 1.54) is 31.3 Å². The van der Waals surface area contributed by atoms with E-state index < -0.39 is 21.4 Å². The lowest BCUT2D eigenvalue weighted by atomic mass is 10.2. The van der Waals surface area contributed by atoms with Crippen molar-refractivity contribution in [3.05, 3.63) is 63.3 Å². The lowest BCUT2D eigenvalue weighted by Gasteiger charge is -2.17. The molecule has 2 rings (SSSR count). The second-order valence-electron chi connectivity index (χ2n) is 4.40. The quantitative estimate of drug-likeness (QED) is 0.932. The number of sulfonamides is 1. The summed E-state index contributed by atoms with van der Waals surface area (Å²) < 4.78 is 38.6. The van der Waals surface area contributed by atoms with Gasteiger partial charge in [0.1, 0.15) is 10.8 Å². The minimum atomic E-state index is -3.80. The van der Waals surface area contributed by atoms with Crippen LogP contribution in [0.25, 0.3) is 0 Å². The highest BCUT2D eigenvalue weighted by molar-refractivity contribution is 7.89. The summed E-state index contributed by atoms with van der Waals surface area (Å²) in [4.78, 5) is 13.3. The van der Waals surface area contributed by atoms with Gasteiger partial charge >= 0.3 is 0 Å². The molecule has 0 saturated heterocycles. The molecular weight excluding hydrogens is 319 g/mol. The summed E-state index contributed by atoms with van der Waals surface area (Å²) in [6, 6.07) is 6.61. The molecular formula is C13H12ClFN2O3S. The zero-order chi connectivity index (χ0) is 15.6. The molecule has 1 N–H and O–H groups in total. The molecule has 0 aliphatic carbocycles. The van der Waals surface area contributed by atoms with Crippen molar-refractivity contribution < 1.29 is 12.8 Å². The highest BCUT2D eigenvalue weighted by atomic mass is 35.5. The molecule has 0 bridgehead atoms. The molecule has 112 valence electrons. The van der Waals surface area contributed by atoms with Crippen LogP contribution in [0.1, 0.15) is 5.56 Å². The Hall–Kier alpha value is -1.70. The van der Waals surface area contributed by atoms with Gasteiger partial charge in [0.25, 0.3) is 5.56 Å². The van der Waals surface area contributed by atoms with E-state index >= 15 is 0 Å². The van der Waals surface area contributed by atoms with E-state index in [0.29, 0.717) is 5.56 Å². The third-order valence-corrected chi connectivity index (χ3v) is 4.92. The maximum atomic E-state index is 12.8. The predicted molar refractivity (Wildman–Crippen MR) is 77.1 cm³/mol. The minimum absolute atomic E-state index is 0.0688. The number of rotatable bonds is 4. The first kappa shape index (κ1) is 15.7. The van der Waals surface area contributed by atoms with Crippen molar-refractivity contribution in [2.75, 3.05) is 7.05 Å². The van der Waals surface area contributed by atoms with Gasteiger partial charge in [-0.1, -0.05) is 23.7 Å². The zero-order valence-electron chi connectivity index (χ0n) is 11.0. The van der Waals surface area contributed by atoms with Gasteiger partial charge in [-0.3, -0.25) is 4.79 Å². The summed E-state index contributed by atoms with van der Waals surface area (Å²) in [5.41, 5.74) is 0.0785. The normalized spacial score (nSPS) is 11.8. The van der Waals surface area contributed by atoms with E-state index in [9.17, 15) is 17.6 Å². The van der Waals surface area contributed by atoms with Crippen LogP contribution in [-0.2, 0) is 16.6 Å². The van der Waals surface area contributed by atoms with Crippen LogP contribution in [0, 0.1) is 5.82 Å². The van der Waals surface area contributed by atoms with Gasteiger partial charge in [0.2, 0.25) is 10.0 Å². The standard InChI is InChI=1S/C13H12ClFN2O3S/c1-17(8-9-2-4-10(15)5-3-9)21(19,20)11-6-12(14)13(18)16-7-11/h2-7H,8H2,1H3,(H,16,18). The largest absolute Gasteiger partial charge is 0.326 e. The zero-order valence-corrected chi connectivity index (χ0v) is 12.6. The summed E-state index contributed by atoms with van der Waals surface area (Å²) in [6.45, 7) is 0.0688. The van der Waals surface area contributed by atoms with Crippen LogP contribution in [0.2, 0.25) is 5.02 Å². The number of benzene rings is 1. The van der Waals surface area contributed by atoms with E-state index in [4.69, 9.17) is 11.6 Å². The van der Waals surface area contributed by atoms with Crippen LogP contribution < -0.4 is 5.56 Å². The molecule has 21 heavy (non-hydrogen) atoms. The Labute approximate surface area is 126 Å². The molecule has 0 aliphatic heterocycles. The fraction of sp³-hybridized carbons (Fsp3) is 0.154. The molecule has 8 heteroatoms. The second-order valence-corrected chi connectivity index (χ2v) is 6.85. The maximum Gasteiger partial charge on any atom is 0.266 e. The van der Waals surface area contributed by atoms with Crippen LogP contribution in [0.4, 0.5) is 4.39 Å². The number of aromatic nitrogens is 1. The number of H-pyrrole nitrogens is 1. The summed E-state index contributed by atoms with van der Waals surface area (Å²) >= 11 is 5.63. The molecule has 1 heterocycles. The summed E-state index contributed by atoms with van der Waals surface area (Å²) in [6.07, 6.45) is 1.09. The summed E-state index contributed by atoms with van der Waals surface area (Å²) in [5.74, 6) is -0.392. The molecule has 0 aliphatic rings. The first-order valence-corrected chi connectivity index (χ1v) is 7.71. The van der Waals surface area contributed by atoms with Crippen molar-refractivity contribution in [1.82, 2.24) is 9.29 Å². The molecule has 0 amide bonds. The Balaban J connectivity index is 2.27. The maximum absolute atomic E-state index is 12.8. The third-order valence-electron chi connectivity index (χ3n) is 2.86. The number of hydrogen-bond acceptors (Lipinski definition) is 3. The molecule has 2 aromatic rings. The molecule has 0 unspecified atom stereocenters. The van der Waals surface area contributed by atoms with Gasteiger partial charge < -0.3 is 4.98 Å². The van der Waals surface area contributed by atoms with Crippen molar-refractivity contribution in [2.24, 2.45) is 0 Å². The summed E-state index contributed by atoms with van der Waals surface area (Å²) in [7, 11) is -2.41. The van der Waals surface area contributed by atoms with Crippen LogP contribution in [-0.4, -0.2) is 24.8 Å². The van der Waals surface area contributed by atoms with Gasteiger partial charge in [-0.2, -0.15) is 4.31 Å². The number of hydrogen-bond donors (Lipinski definition) is 1.